The number of H-pyrrole nitrogens is 1. The number of aromatic amines is 1. The van der Waals surface area contributed by atoms with Crippen molar-refractivity contribution in [2.75, 3.05) is 13.1 Å². The van der Waals surface area contributed by atoms with Gasteiger partial charge in [-0.15, -0.1) is 0 Å². The smallest absolute Gasteiger partial charge is 0.266 e. The molecule has 2 heterocycles. The maximum Gasteiger partial charge on any atom is 0.266 e. The molecule has 3 aromatic rings. The monoisotopic (exact) mass is 369 g/mol. The van der Waals surface area contributed by atoms with Crippen LogP contribution < -0.4 is 5.56 Å². The molecule has 0 aliphatic carbocycles. The largest absolute Gasteiger partial charge is 0.339 e. The second kappa shape index (κ2) is 6.49. The Bertz CT molecular complexity index is 1110. The summed E-state index contributed by atoms with van der Waals surface area (Å²) in [6.07, 6.45) is 2.04. The Kier molecular flexibility index (Phi) is 4.16. The van der Waals surface area contributed by atoms with E-state index in [9.17, 15) is 14.0 Å². The van der Waals surface area contributed by atoms with E-state index < -0.39 is 0 Å². The third kappa shape index (κ3) is 2.84. The van der Waals surface area contributed by atoms with Crippen molar-refractivity contribution in [3.8, 4) is 5.69 Å². The molecular weight excluding hydrogens is 353 g/mol. The fourth-order valence-electron chi connectivity index (χ4n) is 3.28. The van der Waals surface area contributed by atoms with Crippen LogP contribution in [-0.4, -0.2) is 33.4 Å². The highest BCUT2D eigenvalue weighted by molar-refractivity contribution is 7.71. The second-order valence-electron chi connectivity index (χ2n) is 6.31. The summed E-state index contributed by atoms with van der Waals surface area (Å²) in [6.45, 7) is 1.53. The Morgan fingerprint density at radius 1 is 1.08 bits per heavy atom. The van der Waals surface area contributed by atoms with E-state index in [1.54, 1.807) is 18.2 Å². The minimum atomic E-state index is -0.387. The molecular formula is C19H16FN3O2S. The predicted molar refractivity (Wildman–Crippen MR) is 99.8 cm³/mol. The van der Waals surface area contributed by atoms with Gasteiger partial charge in [0, 0.05) is 18.7 Å². The van der Waals surface area contributed by atoms with Gasteiger partial charge >= 0.3 is 0 Å². The van der Waals surface area contributed by atoms with Crippen LogP contribution in [0, 0.1) is 10.6 Å². The SMILES string of the molecule is O=C(c1ccc2c(=O)n(-c3ccc(F)cc3)c(=S)[nH]c2c1)N1CCCC1. The lowest BCUT2D eigenvalue weighted by atomic mass is 10.1. The number of fused-ring (bicyclic) bond motifs is 1. The lowest BCUT2D eigenvalue weighted by Gasteiger charge is -2.15. The van der Waals surface area contributed by atoms with Gasteiger partial charge in [-0.2, -0.15) is 0 Å². The van der Waals surface area contributed by atoms with E-state index in [0.717, 1.165) is 25.9 Å². The first-order chi connectivity index (χ1) is 12.5. The van der Waals surface area contributed by atoms with E-state index in [1.165, 1.54) is 28.8 Å². The first-order valence-corrected chi connectivity index (χ1v) is 8.80. The Hall–Kier alpha value is -2.80. The molecule has 0 atom stereocenters. The fourth-order valence-corrected chi connectivity index (χ4v) is 3.58. The number of benzene rings is 2. The zero-order valence-electron chi connectivity index (χ0n) is 13.9. The van der Waals surface area contributed by atoms with E-state index >= 15 is 0 Å². The first kappa shape index (κ1) is 16.7. The normalized spacial score (nSPS) is 14.1. The van der Waals surface area contributed by atoms with Crippen molar-refractivity contribution in [2.45, 2.75) is 12.8 Å². The highest BCUT2D eigenvalue weighted by atomic mass is 32.1. The van der Waals surface area contributed by atoms with Gasteiger partial charge < -0.3 is 9.88 Å². The average Bonchev–Trinajstić information content (AvgIpc) is 3.17. The van der Waals surface area contributed by atoms with Gasteiger partial charge in [-0.05, 0) is 67.5 Å². The van der Waals surface area contributed by atoms with Gasteiger partial charge in [-0.3, -0.25) is 14.2 Å². The number of carbonyl (C=O) groups is 1. The summed E-state index contributed by atoms with van der Waals surface area (Å²) in [5.74, 6) is -0.422. The van der Waals surface area contributed by atoms with Crippen molar-refractivity contribution >= 4 is 29.0 Å². The maximum atomic E-state index is 13.1. The first-order valence-electron chi connectivity index (χ1n) is 8.39. The van der Waals surface area contributed by atoms with Crippen LogP contribution in [0.2, 0.25) is 0 Å². The van der Waals surface area contributed by atoms with E-state index in [-0.39, 0.29) is 22.1 Å². The average molecular weight is 369 g/mol. The number of amides is 1. The molecule has 5 nitrogen and oxygen atoms in total. The Balaban J connectivity index is 1.83. The number of hydrogen-bond donors (Lipinski definition) is 1. The van der Waals surface area contributed by atoms with Gasteiger partial charge in [0.25, 0.3) is 11.5 Å². The molecule has 0 unspecified atom stereocenters. The number of nitrogens with zero attached hydrogens (tertiary/aromatic N) is 2. The summed E-state index contributed by atoms with van der Waals surface area (Å²) >= 11 is 5.32. The number of hydrogen-bond acceptors (Lipinski definition) is 3. The number of carbonyl (C=O) groups excluding carboxylic acids is 1. The molecule has 26 heavy (non-hydrogen) atoms. The van der Waals surface area contributed by atoms with E-state index in [0.29, 0.717) is 22.2 Å². The second-order valence-corrected chi connectivity index (χ2v) is 6.69. The minimum absolute atomic E-state index is 0.0357. The molecule has 0 saturated carbocycles. The van der Waals surface area contributed by atoms with Crippen LogP contribution in [-0.2, 0) is 0 Å². The molecule has 1 aromatic heterocycles. The molecule has 7 heteroatoms. The van der Waals surface area contributed by atoms with E-state index in [1.807, 2.05) is 4.90 Å². The van der Waals surface area contributed by atoms with Crippen molar-refractivity contribution in [2.24, 2.45) is 0 Å². The molecule has 1 saturated heterocycles. The van der Waals surface area contributed by atoms with Crippen molar-refractivity contribution in [1.82, 2.24) is 14.5 Å². The van der Waals surface area contributed by atoms with Gasteiger partial charge in [-0.1, -0.05) is 0 Å². The van der Waals surface area contributed by atoms with Crippen LogP contribution in [0.3, 0.4) is 0 Å². The van der Waals surface area contributed by atoms with Crippen molar-refractivity contribution in [3.05, 3.63) is 69.0 Å². The van der Waals surface area contributed by atoms with Crippen molar-refractivity contribution < 1.29 is 9.18 Å². The standard InChI is InChI=1S/C19H16FN3O2S/c20-13-4-6-14(7-5-13)23-18(25)15-8-3-12(11-16(15)21-19(23)26)17(24)22-9-1-2-10-22/h3-8,11H,1-2,9-10H2,(H,21,26). The summed E-state index contributed by atoms with van der Waals surface area (Å²) in [7, 11) is 0. The molecule has 1 N–H and O–H groups in total. The minimum Gasteiger partial charge on any atom is -0.339 e. The number of nitrogens with one attached hydrogen (secondary N) is 1. The summed E-state index contributed by atoms with van der Waals surface area (Å²) in [5.41, 5.74) is 1.22. The van der Waals surface area contributed by atoms with Crippen LogP contribution in [0.15, 0.2) is 47.3 Å². The molecule has 0 spiro atoms. The summed E-state index contributed by atoms with van der Waals surface area (Å²) < 4.78 is 14.7. The fraction of sp³-hybridized carbons (Fsp3) is 0.211. The van der Waals surface area contributed by atoms with Gasteiger partial charge in [0.1, 0.15) is 5.82 Å². The highest BCUT2D eigenvalue weighted by Crippen LogP contribution is 2.17. The zero-order chi connectivity index (χ0) is 18.3. The highest BCUT2D eigenvalue weighted by Gasteiger charge is 2.20. The zero-order valence-corrected chi connectivity index (χ0v) is 14.7. The molecule has 132 valence electrons. The van der Waals surface area contributed by atoms with Crippen LogP contribution in [0.5, 0.6) is 0 Å². The third-order valence-electron chi connectivity index (χ3n) is 4.62. The Morgan fingerprint density at radius 2 is 1.77 bits per heavy atom. The topological polar surface area (TPSA) is 58.1 Å². The van der Waals surface area contributed by atoms with Gasteiger partial charge in [0.2, 0.25) is 0 Å². The molecule has 0 bridgehead atoms. The predicted octanol–water partition coefficient (Wildman–Crippen LogP) is 3.42. The molecule has 1 amide bonds. The van der Waals surface area contributed by atoms with E-state index in [4.69, 9.17) is 12.2 Å². The van der Waals surface area contributed by atoms with Gasteiger partial charge in [0.15, 0.2) is 4.77 Å². The van der Waals surface area contributed by atoms with Crippen LogP contribution >= 0.6 is 12.2 Å². The summed E-state index contributed by atoms with van der Waals surface area (Å²) in [6, 6.07) is 10.5. The van der Waals surface area contributed by atoms with Crippen LogP contribution in [0.4, 0.5) is 4.39 Å². The van der Waals surface area contributed by atoms with Crippen molar-refractivity contribution in [1.29, 1.82) is 0 Å². The molecule has 2 aromatic carbocycles. The summed E-state index contributed by atoms with van der Waals surface area (Å²) in [5, 5.41) is 0.417. The maximum absolute atomic E-state index is 13.1. The molecule has 0 radical (unpaired) electrons. The lowest BCUT2D eigenvalue weighted by Crippen LogP contribution is -2.27. The number of aromatic nitrogens is 2. The van der Waals surface area contributed by atoms with Crippen LogP contribution in [0.25, 0.3) is 16.6 Å². The molecule has 1 aliphatic heterocycles. The molecule has 1 fully saturated rings. The molecule has 4 rings (SSSR count). The Morgan fingerprint density at radius 3 is 2.46 bits per heavy atom. The number of rotatable bonds is 2. The van der Waals surface area contributed by atoms with Crippen LogP contribution in [0.1, 0.15) is 23.2 Å². The van der Waals surface area contributed by atoms with E-state index in [2.05, 4.69) is 4.98 Å². The van der Waals surface area contributed by atoms with Crippen molar-refractivity contribution in [3.63, 3.8) is 0 Å². The van der Waals surface area contributed by atoms with Gasteiger partial charge in [-0.25, -0.2) is 4.39 Å². The lowest BCUT2D eigenvalue weighted by molar-refractivity contribution is 0.0793. The third-order valence-corrected chi connectivity index (χ3v) is 4.91. The number of likely N-dealkylation sites (tertiary alicyclic amines) is 1. The summed E-state index contributed by atoms with van der Waals surface area (Å²) in [4.78, 5) is 30.2. The number of halogens is 1. The quantitative estimate of drug-likeness (QED) is 0.704. The molecule has 1 aliphatic rings. The van der Waals surface area contributed by atoms with Gasteiger partial charge in [0.05, 0.1) is 16.6 Å². The Labute approximate surface area is 153 Å².